The van der Waals surface area contributed by atoms with Gasteiger partial charge in [-0.25, -0.2) is 0 Å². The number of hydrogen-bond acceptors (Lipinski definition) is 4. The monoisotopic (exact) mass is 430 g/mol. The molecule has 0 bridgehead atoms. The van der Waals surface area contributed by atoms with Gasteiger partial charge in [0.1, 0.15) is 5.69 Å². The molecule has 4 rings (SSSR count). The third kappa shape index (κ3) is 3.84. The van der Waals surface area contributed by atoms with Crippen LogP contribution in [0.4, 0.5) is 0 Å². The Balaban J connectivity index is 1.63. The van der Waals surface area contributed by atoms with E-state index in [4.69, 9.17) is 16.3 Å². The Morgan fingerprint density at radius 2 is 2.23 bits per heavy atom. The van der Waals surface area contributed by atoms with Gasteiger partial charge in [0.2, 0.25) is 0 Å². The van der Waals surface area contributed by atoms with Crippen LogP contribution < -0.4 is 5.32 Å². The minimum absolute atomic E-state index is 0.0120. The number of carbonyl (C=O) groups excluding carboxylic acids is 2. The first-order valence-corrected chi connectivity index (χ1v) is 10.9. The number of amides is 2. The van der Waals surface area contributed by atoms with Gasteiger partial charge in [0.15, 0.2) is 0 Å². The van der Waals surface area contributed by atoms with E-state index in [0.717, 1.165) is 25.1 Å². The SMILES string of the molecule is CCC(NC(=O)c1cc(C(=O)N2CCCC2C)n2c1COCC2)c1ncccc1Cl. The molecule has 2 aliphatic rings. The summed E-state index contributed by atoms with van der Waals surface area (Å²) in [5.41, 5.74) is 2.43. The van der Waals surface area contributed by atoms with Crippen LogP contribution in [0.25, 0.3) is 0 Å². The van der Waals surface area contributed by atoms with E-state index in [1.165, 1.54) is 0 Å². The molecule has 0 aromatic carbocycles. The van der Waals surface area contributed by atoms with E-state index in [9.17, 15) is 9.59 Å². The predicted molar refractivity (Wildman–Crippen MR) is 114 cm³/mol. The summed E-state index contributed by atoms with van der Waals surface area (Å²) in [5, 5.41) is 3.56. The highest BCUT2D eigenvalue weighted by Crippen LogP contribution is 2.27. The molecule has 0 spiro atoms. The van der Waals surface area contributed by atoms with Crippen LogP contribution in [0, 0.1) is 0 Å². The third-order valence-corrected chi connectivity index (χ3v) is 6.33. The highest BCUT2D eigenvalue weighted by Gasteiger charge is 2.32. The van der Waals surface area contributed by atoms with E-state index in [1.54, 1.807) is 24.4 Å². The van der Waals surface area contributed by atoms with Crippen LogP contribution in [0.3, 0.4) is 0 Å². The maximum Gasteiger partial charge on any atom is 0.270 e. The van der Waals surface area contributed by atoms with Gasteiger partial charge in [-0.05, 0) is 44.4 Å². The van der Waals surface area contributed by atoms with Crippen molar-refractivity contribution in [1.82, 2.24) is 19.8 Å². The van der Waals surface area contributed by atoms with Crippen molar-refractivity contribution in [2.75, 3.05) is 13.2 Å². The van der Waals surface area contributed by atoms with Crippen molar-refractivity contribution >= 4 is 23.4 Å². The Bertz CT molecular complexity index is 958. The lowest BCUT2D eigenvalue weighted by atomic mass is 10.1. The first-order chi connectivity index (χ1) is 14.5. The first kappa shape index (κ1) is 20.9. The molecule has 1 saturated heterocycles. The number of carbonyl (C=O) groups is 2. The number of hydrogen-bond donors (Lipinski definition) is 1. The zero-order valence-corrected chi connectivity index (χ0v) is 18.1. The molecule has 2 unspecified atom stereocenters. The maximum atomic E-state index is 13.2. The number of rotatable bonds is 5. The lowest BCUT2D eigenvalue weighted by molar-refractivity contribution is 0.0683. The van der Waals surface area contributed by atoms with Gasteiger partial charge in [-0.3, -0.25) is 14.6 Å². The molecule has 2 aliphatic heterocycles. The first-order valence-electron chi connectivity index (χ1n) is 10.5. The van der Waals surface area contributed by atoms with Crippen LogP contribution in [0.15, 0.2) is 24.4 Å². The molecular weight excluding hydrogens is 404 g/mol. The van der Waals surface area contributed by atoms with Gasteiger partial charge in [-0.2, -0.15) is 0 Å². The van der Waals surface area contributed by atoms with Crippen LogP contribution in [-0.2, 0) is 17.9 Å². The van der Waals surface area contributed by atoms with Gasteiger partial charge in [-0.15, -0.1) is 0 Å². The fourth-order valence-electron chi connectivity index (χ4n) is 4.33. The van der Waals surface area contributed by atoms with E-state index in [-0.39, 0.29) is 23.9 Å². The maximum absolute atomic E-state index is 13.2. The fraction of sp³-hybridized carbons (Fsp3) is 0.500. The Labute approximate surface area is 181 Å². The lowest BCUT2D eigenvalue weighted by Crippen LogP contribution is -2.35. The highest BCUT2D eigenvalue weighted by molar-refractivity contribution is 6.31. The Kier molecular flexibility index (Phi) is 6.11. The quantitative estimate of drug-likeness (QED) is 0.786. The molecule has 160 valence electrons. The molecule has 0 radical (unpaired) electrons. The summed E-state index contributed by atoms with van der Waals surface area (Å²) in [4.78, 5) is 32.7. The van der Waals surface area contributed by atoms with E-state index in [1.807, 2.05) is 16.4 Å². The lowest BCUT2D eigenvalue weighted by Gasteiger charge is -2.24. The number of pyridine rings is 1. The van der Waals surface area contributed by atoms with Crippen molar-refractivity contribution in [3.05, 3.63) is 52.1 Å². The second-order valence-corrected chi connectivity index (χ2v) is 8.30. The van der Waals surface area contributed by atoms with Gasteiger partial charge in [-0.1, -0.05) is 18.5 Å². The van der Waals surface area contributed by atoms with E-state index in [0.29, 0.717) is 48.2 Å². The molecule has 1 fully saturated rings. The molecule has 7 nitrogen and oxygen atoms in total. The smallest absolute Gasteiger partial charge is 0.270 e. The van der Waals surface area contributed by atoms with E-state index >= 15 is 0 Å². The van der Waals surface area contributed by atoms with Gasteiger partial charge in [0.05, 0.1) is 41.2 Å². The minimum atomic E-state index is -0.316. The van der Waals surface area contributed by atoms with Gasteiger partial charge in [0, 0.05) is 25.3 Å². The van der Waals surface area contributed by atoms with Crippen molar-refractivity contribution < 1.29 is 14.3 Å². The molecule has 2 aromatic rings. The number of halogens is 1. The zero-order chi connectivity index (χ0) is 21.3. The molecule has 0 saturated carbocycles. The summed E-state index contributed by atoms with van der Waals surface area (Å²) in [6, 6.07) is 5.15. The predicted octanol–water partition coefficient (Wildman–Crippen LogP) is 3.57. The summed E-state index contributed by atoms with van der Waals surface area (Å²) in [5.74, 6) is -0.256. The number of nitrogens with zero attached hydrogens (tertiary/aromatic N) is 3. The Hall–Kier alpha value is -2.38. The van der Waals surface area contributed by atoms with Crippen molar-refractivity contribution in [2.45, 2.75) is 58.3 Å². The summed E-state index contributed by atoms with van der Waals surface area (Å²) < 4.78 is 7.55. The molecule has 2 amide bonds. The Morgan fingerprint density at radius 3 is 2.93 bits per heavy atom. The van der Waals surface area contributed by atoms with Crippen molar-refractivity contribution in [3.63, 3.8) is 0 Å². The number of ether oxygens (including phenoxy) is 1. The second-order valence-electron chi connectivity index (χ2n) is 7.89. The number of nitrogens with one attached hydrogen (secondary N) is 1. The van der Waals surface area contributed by atoms with Crippen LogP contribution in [-0.4, -0.2) is 45.5 Å². The number of likely N-dealkylation sites (tertiary alicyclic amines) is 1. The molecule has 4 heterocycles. The molecule has 2 atom stereocenters. The summed E-state index contributed by atoms with van der Waals surface area (Å²) in [6.45, 7) is 6.21. The average molecular weight is 431 g/mol. The second kappa shape index (κ2) is 8.78. The largest absolute Gasteiger partial charge is 0.373 e. The minimum Gasteiger partial charge on any atom is -0.373 e. The summed E-state index contributed by atoms with van der Waals surface area (Å²) in [7, 11) is 0. The normalized spacial score (nSPS) is 19.4. The summed E-state index contributed by atoms with van der Waals surface area (Å²) >= 11 is 6.29. The topological polar surface area (TPSA) is 76.5 Å². The molecule has 0 aliphatic carbocycles. The molecular formula is C22H27ClN4O3. The molecule has 30 heavy (non-hydrogen) atoms. The standard InChI is InChI=1S/C22H27ClN4O3/c1-3-17(20-16(23)7-4-8-24-20)25-21(28)15-12-18(27-10-11-30-13-19(15)27)22(29)26-9-5-6-14(26)2/h4,7-8,12,14,17H,3,5-6,9-11,13H2,1-2H3,(H,25,28). The number of fused-ring (bicyclic) bond motifs is 1. The van der Waals surface area contributed by atoms with Crippen LogP contribution in [0.1, 0.15) is 71.4 Å². The van der Waals surface area contributed by atoms with E-state index in [2.05, 4.69) is 17.2 Å². The van der Waals surface area contributed by atoms with Crippen LogP contribution in [0.5, 0.6) is 0 Å². The van der Waals surface area contributed by atoms with Crippen molar-refractivity contribution in [2.24, 2.45) is 0 Å². The van der Waals surface area contributed by atoms with Gasteiger partial charge >= 0.3 is 0 Å². The molecule has 1 N–H and O–H groups in total. The van der Waals surface area contributed by atoms with Crippen molar-refractivity contribution in [1.29, 1.82) is 0 Å². The van der Waals surface area contributed by atoms with Crippen molar-refractivity contribution in [3.8, 4) is 0 Å². The van der Waals surface area contributed by atoms with Gasteiger partial charge in [0.25, 0.3) is 11.8 Å². The van der Waals surface area contributed by atoms with Crippen LogP contribution in [0.2, 0.25) is 5.02 Å². The van der Waals surface area contributed by atoms with E-state index < -0.39 is 0 Å². The molecule has 2 aromatic heterocycles. The average Bonchev–Trinajstić information content (AvgIpc) is 3.36. The zero-order valence-electron chi connectivity index (χ0n) is 17.4. The fourth-order valence-corrected chi connectivity index (χ4v) is 4.59. The van der Waals surface area contributed by atoms with Crippen LogP contribution >= 0.6 is 11.6 Å². The highest BCUT2D eigenvalue weighted by atomic mass is 35.5. The Morgan fingerprint density at radius 1 is 1.40 bits per heavy atom. The third-order valence-electron chi connectivity index (χ3n) is 6.01. The summed E-state index contributed by atoms with van der Waals surface area (Å²) in [6.07, 6.45) is 4.34. The molecule has 8 heteroatoms. The number of aromatic nitrogens is 2. The van der Waals surface area contributed by atoms with Gasteiger partial charge < -0.3 is 19.5 Å².